The molecular formula is C22H20O5. The largest absolute Gasteiger partial charge is 0.508 e. The Bertz CT molecular complexity index is 892. The summed E-state index contributed by atoms with van der Waals surface area (Å²) in [5, 5.41) is 9.90. The van der Waals surface area contributed by atoms with Gasteiger partial charge in [0, 0.05) is 13.0 Å². The third-order valence-corrected chi connectivity index (χ3v) is 3.42. The molecule has 0 aliphatic rings. The Morgan fingerprint density at radius 2 is 1.63 bits per heavy atom. The fourth-order valence-corrected chi connectivity index (χ4v) is 2.19. The zero-order valence-corrected chi connectivity index (χ0v) is 15.1. The normalized spacial score (nSPS) is 11.7. The van der Waals surface area contributed by atoms with Crippen molar-refractivity contribution in [3.8, 4) is 11.5 Å². The van der Waals surface area contributed by atoms with Crippen molar-refractivity contribution < 1.29 is 24.2 Å². The number of ether oxygens (including phenoxy) is 2. The van der Waals surface area contributed by atoms with Crippen molar-refractivity contribution in [3.05, 3.63) is 83.6 Å². The van der Waals surface area contributed by atoms with Crippen LogP contribution >= 0.6 is 0 Å². The molecule has 0 unspecified atom stereocenters. The minimum Gasteiger partial charge on any atom is -0.508 e. The Morgan fingerprint density at radius 3 is 2.30 bits per heavy atom. The molecule has 2 rings (SSSR count). The van der Waals surface area contributed by atoms with Gasteiger partial charge in [-0.3, -0.25) is 9.59 Å². The van der Waals surface area contributed by atoms with Crippen molar-refractivity contribution in [3.63, 3.8) is 0 Å². The van der Waals surface area contributed by atoms with Gasteiger partial charge in [0.15, 0.2) is 17.3 Å². The molecule has 0 aliphatic carbocycles. The second-order valence-electron chi connectivity index (χ2n) is 5.55. The Morgan fingerprint density at radius 1 is 0.926 bits per heavy atom. The molecule has 0 spiro atoms. The van der Waals surface area contributed by atoms with Crippen molar-refractivity contribution in [1.29, 1.82) is 0 Å². The van der Waals surface area contributed by atoms with Crippen LogP contribution in [-0.2, 0) is 9.59 Å². The van der Waals surface area contributed by atoms with Crippen molar-refractivity contribution in [1.82, 2.24) is 0 Å². The standard InChI is InChI=1S/C22H20O5/c1-16(23)27-21-13-10-18(14-22(21)26-2)9-12-20(25)15-19(24)11-8-17-6-4-3-5-7-17/h3-15,25H,1-2H3/b11-8+,12-9+,20-15-. The number of carbonyl (C=O) groups is 2. The van der Waals surface area contributed by atoms with E-state index in [0.717, 1.165) is 11.6 Å². The second-order valence-corrected chi connectivity index (χ2v) is 5.55. The summed E-state index contributed by atoms with van der Waals surface area (Å²) in [5.41, 5.74) is 1.60. The number of allylic oxidation sites excluding steroid dienone is 3. The van der Waals surface area contributed by atoms with Crippen molar-refractivity contribution >= 4 is 23.9 Å². The molecule has 2 aromatic rings. The minimum absolute atomic E-state index is 0.180. The number of hydrogen-bond acceptors (Lipinski definition) is 5. The van der Waals surface area contributed by atoms with Gasteiger partial charge in [-0.2, -0.15) is 0 Å². The maximum Gasteiger partial charge on any atom is 0.308 e. The molecule has 0 radical (unpaired) electrons. The van der Waals surface area contributed by atoms with Crippen molar-refractivity contribution in [2.45, 2.75) is 6.92 Å². The quantitative estimate of drug-likeness (QED) is 0.260. The van der Waals surface area contributed by atoms with E-state index in [-0.39, 0.29) is 11.5 Å². The summed E-state index contributed by atoms with van der Waals surface area (Å²) in [6.07, 6.45) is 7.19. The van der Waals surface area contributed by atoms with E-state index in [0.29, 0.717) is 17.1 Å². The van der Waals surface area contributed by atoms with E-state index in [1.165, 1.54) is 26.2 Å². The van der Waals surface area contributed by atoms with Crippen LogP contribution in [0.5, 0.6) is 11.5 Å². The maximum absolute atomic E-state index is 11.9. The molecule has 0 aliphatic heterocycles. The predicted molar refractivity (Wildman–Crippen MR) is 105 cm³/mol. The molecule has 0 heterocycles. The van der Waals surface area contributed by atoms with Crippen LogP contribution in [0.1, 0.15) is 18.1 Å². The maximum atomic E-state index is 11.9. The summed E-state index contributed by atoms with van der Waals surface area (Å²) in [5.74, 6) is -0.260. The van der Waals surface area contributed by atoms with E-state index in [1.54, 1.807) is 30.4 Å². The number of benzene rings is 2. The molecule has 1 N–H and O–H groups in total. The summed E-state index contributed by atoms with van der Waals surface area (Å²) in [6, 6.07) is 14.3. The van der Waals surface area contributed by atoms with Gasteiger partial charge >= 0.3 is 5.97 Å². The number of ketones is 1. The highest BCUT2D eigenvalue weighted by atomic mass is 16.6. The van der Waals surface area contributed by atoms with Gasteiger partial charge in [-0.1, -0.05) is 48.6 Å². The van der Waals surface area contributed by atoms with E-state index in [9.17, 15) is 14.7 Å². The number of aliphatic hydroxyl groups excluding tert-OH is 1. The Kier molecular flexibility index (Phi) is 7.14. The van der Waals surface area contributed by atoms with E-state index in [2.05, 4.69) is 0 Å². The highest BCUT2D eigenvalue weighted by molar-refractivity contribution is 6.02. The number of carbonyl (C=O) groups excluding carboxylic acids is 2. The molecule has 0 fully saturated rings. The SMILES string of the molecule is COc1cc(/C=C/C(O)=C/C(=O)/C=C/c2ccccc2)ccc1OC(C)=O. The first kappa shape index (κ1) is 19.7. The van der Waals surface area contributed by atoms with Crippen LogP contribution in [0.25, 0.3) is 12.2 Å². The van der Waals surface area contributed by atoms with Crippen LogP contribution < -0.4 is 9.47 Å². The number of methoxy groups -OCH3 is 1. The molecule has 2 aromatic carbocycles. The zero-order valence-electron chi connectivity index (χ0n) is 15.1. The first-order valence-electron chi connectivity index (χ1n) is 8.20. The number of esters is 1. The third-order valence-electron chi connectivity index (χ3n) is 3.42. The Hall–Kier alpha value is -3.60. The Labute approximate surface area is 157 Å². The van der Waals surface area contributed by atoms with Crippen LogP contribution in [0.3, 0.4) is 0 Å². The topological polar surface area (TPSA) is 72.8 Å². The molecule has 138 valence electrons. The first-order valence-corrected chi connectivity index (χ1v) is 8.20. The fraction of sp³-hybridized carbons (Fsp3) is 0.0909. The van der Waals surface area contributed by atoms with Gasteiger partial charge < -0.3 is 14.6 Å². The Balaban J connectivity index is 2.05. The molecule has 0 saturated heterocycles. The number of aliphatic hydroxyl groups is 1. The minimum atomic E-state index is -0.445. The van der Waals surface area contributed by atoms with Crippen LogP contribution in [0.2, 0.25) is 0 Å². The van der Waals surface area contributed by atoms with Gasteiger partial charge in [-0.15, -0.1) is 0 Å². The molecule has 0 atom stereocenters. The molecule has 0 aromatic heterocycles. The van der Waals surface area contributed by atoms with Gasteiger partial charge in [0.25, 0.3) is 0 Å². The molecule has 27 heavy (non-hydrogen) atoms. The summed E-state index contributed by atoms with van der Waals surface area (Å²) in [6.45, 7) is 1.30. The van der Waals surface area contributed by atoms with E-state index in [1.807, 2.05) is 30.3 Å². The van der Waals surface area contributed by atoms with E-state index >= 15 is 0 Å². The lowest BCUT2D eigenvalue weighted by Gasteiger charge is -2.08. The number of rotatable bonds is 7. The van der Waals surface area contributed by atoms with Gasteiger partial charge in [0.2, 0.25) is 0 Å². The molecule has 0 amide bonds. The average Bonchev–Trinajstić information content (AvgIpc) is 2.66. The van der Waals surface area contributed by atoms with Crippen LogP contribution in [0.4, 0.5) is 0 Å². The highest BCUT2D eigenvalue weighted by Gasteiger charge is 2.07. The lowest BCUT2D eigenvalue weighted by Crippen LogP contribution is -2.03. The van der Waals surface area contributed by atoms with Crippen molar-refractivity contribution in [2.24, 2.45) is 0 Å². The molecule has 5 heteroatoms. The first-order chi connectivity index (χ1) is 13.0. The predicted octanol–water partition coefficient (Wildman–Crippen LogP) is 4.36. The monoisotopic (exact) mass is 364 g/mol. The third kappa shape index (κ3) is 6.66. The zero-order chi connectivity index (χ0) is 19.6. The van der Waals surface area contributed by atoms with E-state index in [4.69, 9.17) is 9.47 Å². The van der Waals surface area contributed by atoms with Crippen LogP contribution in [0, 0.1) is 0 Å². The van der Waals surface area contributed by atoms with Gasteiger partial charge in [0.05, 0.1) is 7.11 Å². The molecule has 0 bridgehead atoms. The lowest BCUT2D eigenvalue weighted by atomic mass is 10.1. The smallest absolute Gasteiger partial charge is 0.308 e. The lowest BCUT2D eigenvalue weighted by molar-refractivity contribution is -0.132. The second kappa shape index (κ2) is 9.77. The van der Waals surface area contributed by atoms with Gasteiger partial charge in [-0.25, -0.2) is 0 Å². The summed E-state index contributed by atoms with van der Waals surface area (Å²) in [7, 11) is 1.46. The van der Waals surface area contributed by atoms with Gasteiger partial charge in [0.1, 0.15) is 5.76 Å². The van der Waals surface area contributed by atoms with Gasteiger partial charge in [-0.05, 0) is 35.4 Å². The molecule has 0 saturated carbocycles. The van der Waals surface area contributed by atoms with E-state index < -0.39 is 5.97 Å². The summed E-state index contributed by atoms with van der Waals surface area (Å²) in [4.78, 5) is 22.9. The van der Waals surface area contributed by atoms with Crippen LogP contribution in [-0.4, -0.2) is 24.0 Å². The molecular weight excluding hydrogens is 344 g/mol. The summed E-state index contributed by atoms with van der Waals surface area (Å²) >= 11 is 0. The fourth-order valence-electron chi connectivity index (χ4n) is 2.19. The highest BCUT2D eigenvalue weighted by Crippen LogP contribution is 2.28. The van der Waals surface area contributed by atoms with Crippen LogP contribution in [0.15, 0.2) is 72.5 Å². The molecule has 5 nitrogen and oxygen atoms in total. The number of hydrogen-bond donors (Lipinski definition) is 1. The average molecular weight is 364 g/mol. The van der Waals surface area contributed by atoms with Crippen molar-refractivity contribution in [2.75, 3.05) is 7.11 Å². The summed E-state index contributed by atoms with van der Waals surface area (Å²) < 4.78 is 10.2.